The van der Waals surface area contributed by atoms with Crippen LogP contribution >= 0.6 is 0 Å². The minimum absolute atomic E-state index is 0.00336. The summed E-state index contributed by atoms with van der Waals surface area (Å²) in [4.78, 5) is 39.5. The third-order valence-electron chi connectivity index (χ3n) is 7.03. The molecule has 0 aliphatic heterocycles. The number of carboxylic acid groups (broad SMARTS) is 1. The average molecular weight is 536 g/mol. The Kier molecular flexibility index (Phi) is 13.9. The lowest BCUT2D eigenvalue weighted by Crippen LogP contribution is -2.46. The van der Waals surface area contributed by atoms with E-state index in [2.05, 4.69) is 66.1 Å². The number of hydrogen-bond acceptors (Lipinski definition) is 8. The van der Waals surface area contributed by atoms with E-state index >= 15 is 0 Å². The standard InChI is InChI=1S/C23H49N3O7Si2/c1-22(2,3)34(6,7)31-15-10-12-23(4,5)35(8,9)32-16-14-26(33-21(30)17-24)18-19(27)25-13-11-20(28)29/h10-18,24H2,1-9H3,(H,25,27)(H,28,29). The number of carbonyl (C=O) groups is 3. The van der Waals surface area contributed by atoms with Gasteiger partial charge in [-0.25, -0.2) is 4.79 Å². The number of hydroxylamine groups is 2. The predicted octanol–water partition coefficient (Wildman–Crippen LogP) is 3.10. The fourth-order valence-corrected chi connectivity index (χ4v) is 5.68. The van der Waals surface area contributed by atoms with Crippen LogP contribution < -0.4 is 11.1 Å². The topological polar surface area (TPSA) is 140 Å². The summed E-state index contributed by atoms with van der Waals surface area (Å²) in [6.07, 6.45) is 1.74. The van der Waals surface area contributed by atoms with Crippen molar-refractivity contribution < 1.29 is 33.2 Å². The maximum atomic E-state index is 12.1. The van der Waals surface area contributed by atoms with Crippen molar-refractivity contribution in [2.45, 2.75) is 90.1 Å². The highest BCUT2D eigenvalue weighted by Crippen LogP contribution is 2.42. The van der Waals surface area contributed by atoms with Crippen molar-refractivity contribution in [3.05, 3.63) is 0 Å². The van der Waals surface area contributed by atoms with Crippen LogP contribution in [-0.2, 0) is 28.1 Å². The Balaban J connectivity index is 4.79. The van der Waals surface area contributed by atoms with Gasteiger partial charge in [-0.15, -0.1) is 5.06 Å². The summed E-state index contributed by atoms with van der Waals surface area (Å²) < 4.78 is 12.6. The van der Waals surface area contributed by atoms with E-state index in [-0.39, 0.29) is 49.3 Å². The number of carbonyl (C=O) groups excluding carboxylic acids is 2. The van der Waals surface area contributed by atoms with Crippen molar-refractivity contribution in [1.29, 1.82) is 0 Å². The van der Waals surface area contributed by atoms with E-state index in [4.69, 9.17) is 24.5 Å². The van der Waals surface area contributed by atoms with Gasteiger partial charge in [0.2, 0.25) is 5.91 Å². The molecule has 0 heterocycles. The van der Waals surface area contributed by atoms with Gasteiger partial charge in [0.25, 0.3) is 0 Å². The minimum atomic E-state index is -2.15. The first kappa shape index (κ1) is 33.7. The van der Waals surface area contributed by atoms with E-state index < -0.39 is 34.5 Å². The van der Waals surface area contributed by atoms with Gasteiger partial charge in [-0.3, -0.25) is 9.59 Å². The lowest BCUT2D eigenvalue weighted by atomic mass is 10.1. The molecule has 0 saturated heterocycles. The molecule has 206 valence electrons. The molecule has 0 fully saturated rings. The molecule has 0 rings (SSSR count). The van der Waals surface area contributed by atoms with Gasteiger partial charge in [0.15, 0.2) is 16.6 Å². The van der Waals surface area contributed by atoms with E-state index in [9.17, 15) is 14.4 Å². The van der Waals surface area contributed by atoms with Crippen LogP contribution in [0.25, 0.3) is 0 Å². The maximum absolute atomic E-state index is 12.1. The summed E-state index contributed by atoms with van der Waals surface area (Å²) in [7, 11) is -3.92. The van der Waals surface area contributed by atoms with E-state index in [1.54, 1.807) is 0 Å². The van der Waals surface area contributed by atoms with E-state index in [1.807, 2.05) is 0 Å². The second-order valence-electron chi connectivity index (χ2n) is 11.5. The first-order valence-corrected chi connectivity index (χ1v) is 18.1. The highest BCUT2D eigenvalue weighted by molar-refractivity contribution is 6.74. The largest absolute Gasteiger partial charge is 0.481 e. The summed E-state index contributed by atoms with van der Waals surface area (Å²) in [5, 5.41) is 12.6. The zero-order chi connectivity index (χ0) is 27.5. The monoisotopic (exact) mass is 535 g/mol. The van der Waals surface area contributed by atoms with Crippen LogP contribution in [-0.4, -0.2) is 84.0 Å². The van der Waals surface area contributed by atoms with Gasteiger partial charge in [0, 0.05) is 19.8 Å². The number of nitrogens with two attached hydrogens (primary N) is 1. The van der Waals surface area contributed by atoms with Crippen LogP contribution in [0.2, 0.25) is 36.3 Å². The lowest BCUT2D eigenvalue weighted by molar-refractivity contribution is -0.191. The Hall–Kier alpha value is -1.32. The van der Waals surface area contributed by atoms with Gasteiger partial charge in [0.1, 0.15) is 6.54 Å². The van der Waals surface area contributed by atoms with Crippen LogP contribution in [0.15, 0.2) is 0 Å². The van der Waals surface area contributed by atoms with Gasteiger partial charge in [0.05, 0.1) is 19.5 Å². The minimum Gasteiger partial charge on any atom is -0.481 e. The number of carboxylic acids is 1. The summed E-state index contributed by atoms with van der Waals surface area (Å²) in [6.45, 7) is 20.7. The molecule has 0 spiro atoms. The molecule has 0 atom stereocenters. The molecule has 0 radical (unpaired) electrons. The van der Waals surface area contributed by atoms with E-state index in [0.717, 1.165) is 19.4 Å². The Morgan fingerprint density at radius 2 is 1.54 bits per heavy atom. The smallest absolute Gasteiger partial charge is 0.338 e. The molecule has 0 aromatic heterocycles. The zero-order valence-corrected chi connectivity index (χ0v) is 25.3. The molecule has 1 amide bonds. The summed E-state index contributed by atoms with van der Waals surface area (Å²) >= 11 is 0. The van der Waals surface area contributed by atoms with Crippen molar-refractivity contribution in [2.75, 3.05) is 39.4 Å². The lowest BCUT2D eigenvalue weighted by Gasteiger charge is -2.40. The van der Waals surface area contributed by atoms with Crippen molar-refractivity contribution in [3.63, 3.8) is 0 Å². The second-order valence-corrected chi connectivity index (χ2v) is 21.0. The van der Waals surface area contributed by atoms with E-state index in [0.29, 0.717) is 0 Å². The van der Waals surface area contributed by atoms with Crippen molar-refractivity contribution in [1.82, 2.24) is 10.4 Å². The third-order valence-corrected chi connectivity index (χ3v) is 16.0. The summed E-state index contributed by atoms with van der Waals surface area (Å²) in [5.74, 6) is -2.12. The van der Waals surface area contributed by atoms with Crippen molar-refractivity contribution >= 4 is 34.5 Å². The van der Waals surface area contributed by atoms with Crippen LogP contribution in [0.1, 0.15) is 53.9 Å². The fourth-order valence-electron chi connectivity index (χ4n) is 2.82. The van der Waals surface area contributed by atoms with Gasteiger partial charge >= 0.3 is 11.9 Å². The first-order chi connectivity index (χ1) is 15.8. The van der Waals surface area contributed by atoms with Crippen LogP contribution in [0.5, 0.6) is 0 Å². The number of rotatable bonds is 17. The molecule has 35 heavy (non-hydrogen) atoms. The molecule has 12 heteroatoms. The SMILES string of the molecule is CC(C)(C)[Si](C)(C)OCCCC(C)(C)[Si](C)(C)OCCN(CC(=O)NCCC(=O)O)OC(=O)CN. The van der Waals surface area contributed by atoms with Crippen molar-refractivity contribution in [3.8, 4) is 0 Å². The molecular weight excluding hydrogens is 486 g/mol. The average Bonchev–Trinajstić information content (AvgIpc) is 2.69. The van der Waals surface area contributed by atoms with Gasteiger partial charge < -0.3 is 29.8 Å². The normalized spacial score (nSPS) is 13.1. The number of aliphatic carboxylic acids is 1. The first-order valence-electron chi connectivity index (χ1n) is 12.3. The quantitative estimate of drug-likeness (QED) is 0.145. The molecule has 0 bridgehead atoms. The maximum Gasteiger partial charge on any atom is 0.338 e. The van der Waals surface area contributed by atoms with Crippen LogP contribution in [0.4, 0.5) is 0 Å². The number of amides is 1. The van der Waals surface area contributed by atoms with Crippen LogP contribution in [0, 0.1) is 0 Å². The Labute approximate surface area is 213 Å². The molecule has 0 unspecified atom stereocenters. The predicted molar refractivity (Wildman–Crippen MR) is 142 cm³/mol. The third kappa shape index (κ3) is 13.0. The van der Waals surface area contributed by atoms with Crippen molar-refractivity contribution in [2.24, 2.45) is 5.73 Å². The highest BCUT2D eigenvalue weighted by Gasteiger charge is 2.41. The van der Waals surface area contributed by atoms with Gasteiger partial charge in [-0.05, 0) is 49.1 Å². The van der Waals surface area contributed by atoms with Gasteiger partial charge in [-0.2, -0.15) is 0 Å². The summed E-state index contributed by atoms with van der Waals surface area (Å²) in [6, 6.07) is 0. The number of nitrogens with zero attached hydrogens (tertiary/aromatic N) is 1. The van der Waals surface area contributed by atoms with Gasteiger partial charge in [-0.1, -0.05) is 34.6 Å². The Morgan fingerprint density at radius 3 is 2.06 bits per heavy atom. The molecule has 0 aliphatic carbocycles. The highest BCUT2D eigenvalue weighted by atomic mass is 28.4. The zero-order valence-electron chi connectivity index (χ0n) is 23.3. The molecule has 0 aliphatic rings. The van der Waals surface area contributed by atoms with Crippen LogP contribution in [0.3, 0.4) is 0 Å². The fraction of sp³-hybridized carbons (Fsp3) is 0.870. The molecule has 4 N–H and O–H groups in total. The molecule has 0 saturated carbocycles. The molecule has 10 nitrogen and oxygen atoms in total. The van der Waals surface area contributed by atoms with E-state index in [1.165, 1.54) is 5.06 Å². The number of nitrogens with one attached hydrogen (secondary N) is 1. The Morgan fingerprint density at radius 1 is 0.971 bits per heavy atom. The molecule has 0 aromatic carbocycles. The molecular formula is C23H49N3O7Si2. The second kappa shape index (κ2) is 14.4. The summed E-state index contributed by atoms with van der Waals surface area (Å²) in [5.41, 5.74) is 5.33. The molecule has 0 aromatic rings. The number of hydrogen-bond donors (Lipinski definition) is 3. The Bertz CT molecular complexity index is 695.